The van der Waals surface area contributed by atoms with Crippen molar-refractivity contribution in [2.24, 2.45) is 0 Å². The molecule has 0 saturated heterocycles. The van der Waals surface area contributed by atoms with Crippen LogP contribution < -0.4 is 0 Å². The standard InChI is InChI=1S/C6H9F2O/c7-6(8)3-1-2-5(9)4-6/h5H,1-4H2. The van der Waals surface area contributed by atoms with Crippen LogP contribution in [0.15, 0.2) is 0 Å². The second kappa shape index (κ2) is 2.21. The first kappa shape index (κ1) is 6.93. The molecule has 1 radical (unpaired) electrons. The maximum Gasteiger partial charge on any atom is 0.250 e. The van der Waals surface area contributed by atoms with Crippen LogP contribution in [0.4, 0.5) is 8.78 Å². The van der Waals surface area contributed by atoms with E-state index in [1.165, 1.54) is 0 Å². The van der Waals surface area contributed by atoms with Crippen LogP contribution in [-0.2, 0) is 5.11 Å². The van der Waals surface area contributed by atoms with E-state index in [-0.39, 0.29) is 6.42 Å². The fourth-order valence-corrected chi connectivity index (χ4v) is 1.13. The van der Waals surface area contributed by atoms with Crippen LogP contribution in [0, 0.1) is 0 Å². The third-order valence-corrected chi connectivity index (χ3v) is 1.59. The van der Waals surface area contributed by atoms with E-state index < -0.39 is 18.4 Å². The van der Waals surface area contributed by atoms with Crippen molar-refractivity contribution in [1.82, 2.24) is 0 Å². The highest BCUT2D eigenvalue weighted by Gasteiger charge is 2.35. The highest BCUT2D eigenvalue weighted by Crippen LogP contribution is 2.32. The normalized spacial score (nSPS) is 34.3. The third kappa shape index (κ3) is 1.90. The Bertz CT molecular complexity index is 103. The van der Waals surface area contributed by atoms with Gasteiger partial charge in [-0.25, -0.2) is 13.9 Å². The first-order chi connectivity index (χ1) is 4.10. The molecule has 0 aromatic heterocycles. The summed E-state index contributed by atoms with van der Waals surface area (Å²) in [6, 6.07) is 0. The maximum atomic E-state index is 12.3. The number of alkyl halides is 2. The van der Waals surface area contributed by atoms with Crippen LogP contribution in [0.1, 0.15) is 25.7 Å². The highest BCUT2D eigenvalue weighted by molar-refractivity contribution is 4.77. The van der Waals surface area contributed by atoms with Crippen LogP contribution in [0.2, 0.25) is 0 Å². The molecule has 1 saturated carbocycles. The largest absolute Gasteiger partial charge is 0.250 e. The lowest BCUT2D eigenvalue weighted by atomic mass is 9.94. The lowest BCUT2D eigenvalue weighted by Gasteiger charge is -2.23. The van der Waals surface area contributed by atoms with Crippen LogP contribution in [-0.4, -0.2) is 12.0 Å². The van der Waals surface area contributed by atoms with Gasteiger partial charge in [0.05, 0.1) is 6.10 Å². The van der Waals surface area contributed by atoms with Crippen LogP contribution >= 0.6 is 0 Å². The van der Waals surface area contributed by atoms with Gasteiger partial charge in [0.15, 0.2) is 0 Å². The van der Waals surface area contributed by atoms with E-state index in [1.807, 2.05) is 0 Å². The smallest absolute Gasteiger partial charge is 0.233 e. The first-order valence-electron chi connectivity index (χ1n) is 3.14. The summed E-state index contributed by atoms with van der Waals surface area (Å²) in [5.41, 5.74) is 0. The van der Waals surface area contributed by atoms with Crippen molar-refractivity contribution in [1.29, 1.82) is 0 Å². The molecule has 0 aromatic carbocycles. The summed E-state index contributed by atoms with van der Waals surface area (Å²) < 4.78 is 24.5. The third-order valence-electron chi connectivity index (χ3n) is 1.59. The Morgan fingerprint density at radius 2 is 2.11 bits per heavy atom. The maximum absolute atomic E-state index is 12.3. The molecule has 1 aliphatic carbocycles. The van der Waals surface area contributed by atoms with Crippen molar-refractivity contribution in [2.75, 3.05) is 0 Å². The lowest BCUT2D eigenvalue weighted by Crippen LogP contribution is -2.28. The molecular formula is C6H9F2O. The average Bonchev–Trinajstić information content (AvgIpc) is 1.60. The highest BCUT2D eigenvalue weighted by atomic mass is 19.3. The summed E-state index contributed by atoms with van der Waals surface area (Å²) in [7, 11) is 0. The summed E-state index contributed by atoms with van der Waals surface area (Å²) in [4.78, 5) is 0. The molecule has 0 aliphatic heterocycles. The number of hydrogen-bond donors (Lipinski definition) is 0. The van der Waals surface area contributed by atoms with Crippen LogP contribution in [0.5, 0.6) is 0 Å². The summed E-state index contributed by atoms with van der Waals surface area (Å²) in [6.45, 7) is 0. The molecule has 0 heterocycles. The molecule has 1 nitrogen and oxygen atoms in total. The van der Waals surface area contributed by atoms with Gasteiger partial charge in [0, 0.05) is 12.8 Å². The van der Waals surface area contributed by atoms with Gasteiger partial charge in [0.25, 0.3) is 5.92 Å². The Morgan fingerprint density at radius 1 is 1.44 bits per heavy atom. The van der Waals surface area contributed by atoms with E-state index in [4.69, 9.17) is 0 Å². The van der Waals surface area contributed by atoms with Gasteiger partial charge < -0.3 is 0 Å². The quantitative estimate of drug-likeness (QED) is 0.484. The van der Waals surface area contributed by atoms with Crippen molar-refractivity contribution in [2.45, 2.75) is 37.7 Å². The van der Waals surface area contributed by atoms with E-state index in [0.717, 1.165) is 0 Å². The number of rotatable bonds is 0. The van der Waals surface area contributed by atoms with Crippen molar-refractivity contribution < 1.29 is 13.9 Å². The number of halogens is 2. The molecule has 0 N–H and O–H groups in total. The summed E-state index contributed by atoms with van der Waals surface area (Å²) in [6.07, 6.45) is -0.746. The molecule has 53 valence electrons. The Kier molecular flexibility index (Phi) is 1.70. The molecule has 0 spiro atoms. The molecule has 0 bridgehead atoms. The van der Waals surface area contributed by atoms with Crippen LogP contribution in [0.25, 0.3) is 0 Å². The van der Waals surface area contributed by atoms with E-state index in [9.17, 15) is 13.9 Å². The molecular weight excluding hydrogens is 126 g/mol. The predicted octanol–water partition coefficient (Wildman–Crippen LogP) is 1.99. The molecule has 3 heteroatoms. The fourth-order valence-electron chi connectivity index (χ4n) is 1.13. The van der Waals surface area contributed by atoms with E-state index in [1.54, 1.807) is 0 Å². The Balaban J connectivity index is 2.41. The molecule has 0 aromatic rings. The lowest BCUT2D eigenvalue weighted by molar-refractivity contribution is -0.0930. The van der Waals surface area contributed by atoms with Gasteiger partial charge in [-0.1, -0.05) is 0 Å². The second-order valence-electron chi connectivity index (χ2n) is 2.57. The zero-order valence-corrected chi connectivity index (χ0v) is 5.07. The van der Waals surface area contributed by atoms with Crippen molar-refractivity contribution in [3.05, 3.63) is 0 Å². The molecule has 9 heavy (non-hydrogen) atoms. The Hall–Kier alpha value is -0.180. The van der Waals surface area contributed by atoms with Gasteiger partial charge in [-0.2, -0.15) is 0 Å². The van der Waals surface area contributed by atoms with E-state index in [0.29, 0.717) is 12.8 Å². The van der Waals surface area contributed by atoms with Gasteiger partial charge in [-0.3, -0.25) is 0 Å². The van der Waals surface area contributed by atoms with Gasteiger partial charge in [0.1, 0.15) is 0 Å². The van der Waals surface area contributed by atoms with Gasteiger partial charge in [-0.05, 0) is 12.8 Å². The summed E-state index contributed by atoms with van der Waals surface area (Å²) in [5, 5.41) is 10.5. The zero-order valence-electron chi connectivity index (χ0n) is 5.07. The molecule has 0 amide bonds. The Morgan fingerprint density at radius 3 is 2.44 bits per heavy atom. The number of hydrogen-bond acceptors (Lipinski definition) is 0. The second-order valence-corrected chi connectivity index (χ2v) is 2.57. The van der Waals surface area contributed by atoms with Crippen molar-refractivity contribution >= 4 is 0 Å². The zero-order chi connectivity index (χ0) is 6.91. The summed E-state index contributed by atoms with van der Waals surface area (Å²) >= 11 is 0. The van der Waals surface area contributed by atoms with Gasteiger partial charge in [0.2, 0.25) is 0 Å². The predicted molar refractivity (Wildman–Crippen MR) is 27.9 cm³/mol. The van der Waals surface area contributed by atoms with Crippen molar-refractivity contribution in [3.63, 3.8) is 0 Å². The van der Waals surface area contributed by atoms with Crippen molar-refractivity contribution in [3.8, 4) is 0 Å². The first-order valence-corrected chi connectivity index (χ1v) is 3.14. The Labute approximate surface area is 52.7 Å². The summed E-state index contributed by atoms with van der Waals surface area (Å²) in [5.74, 6) is -2.66. The minimum atomic E-state index is -2.66. The van der Waals surface area contributed by atoms with Gasteiger partial charge in [-0.15, -0.1) is 0 Å². The minimum absolute atomic E-state index is 0.0915. The molecule has 1 aliphatic rings. The topological polar surface area (TPSA) is 19.9 Å². The molecule has 1 atom stereocenters. The minimum Gasteiger partial charge on any atom is -0.233 e. The van der Waals surface area contributed by atoms with Gasteiger partial charge >= 0.3 is 0 Å². The molecule has 1 fully saturated rings. The average molecular weight is 135 g/mol. The SMILES string of the molecule is [O]C1CCCC(F)(F)C1. The fraction of sp³-hybridized carbons (Fsp3) is 1.00. The van der Waals surface area contributed by atoms with Crippen LogP contribution in [0.3, 0.4) is 0 Å². The molecule has 1 unspecified atom stereocenters. The monoisotopic (exact) mass is 135 g/mol. The molecule has 1 rings (SSSR count). The van der Waals surface area contributed by atoms with E-state index >= 15 is 0 Å². The van der Waals surface area contributed by atoms with E-state index in [2.05, 4.69) is 0 Å².